The van der Waals surface area contributed by atoms with Gasteiger partial charge >= 0.3 is 0 Å². The average Bonchev–Trinajstić information content (AvgIpc) is 2.68. The Bertz CT molecular complexity index is 622. The van der Waals surface area contributed by atoms with Gasteiger partial charge in [-0.3, -0.25) is 4.55 Å². The second-order valence-electron chi connectivity index (χ2n) is 3.37. The lowest BCUT2D eigenvalue weighted by atomic mass is 10.1. The highest BCUT2D eigenvalue weighted by Crippen LogP contribution is 2.32. The maximum absolute atomic E-state index is 10.9. The van der Waals surface area contributed by atoms with Gasteiger partial charge in [0.25, 0.3) is 10.1 Å². The number of hydrogen-bond donors (Lipinski definition) is 1. The van der Waals surface area contributed by atoms with Crippen molar-refractivity contribution in [3.63, 3.8) is 0 Å². The molecule has 17 heavy (non-hydrogen) atoms. The number of halogens is 1. The highest BCUT2D eigenvalue weighted by atomic mass is 35.5. The van der Waals surface area contributed by atoms with Crippen LogP contribution in [0.2, 0.25) is 5.02 Å². The monoisotopic (exact) mass is 273 g/mol. The van der Waals surface area contributed by atoms with E-state index in [4.69, 9.17) is 20.6 Å². The van der Waals surface area contributed by atoms with Gasteiger partial charge in [0, 0.05) is 5.56 Å². The highest BCUT2D eigenvalue weighted by molar-refractivity contribution is 7.85. The largest absolute Gasteiger partial charge is 0.443 e. The lowest BCUT2D eigenvalue weighted by molar-refractivity contribution is 0.482. The van der Waals surface area contributed by atoms with E-state index in [1.807, 2.05) is 0 Å². The molecule has 1 aromatic carbocycles. The molecule has 0 radical (unpaired) electrons. The summed E-state index contributed by atoms with van der Waals surface area (Å²) in [6, 6.07) is 4.76. The van der Waals surface area contributed by atoms with Gasteiger partial charge in [0.1, 0.15) is 5.75 Å². The molecule has 0 aliphatic rings. The Morgan fingerprint density at radius 3 is 2.76 bits per heavy atom. The van der Waals surface area contributed by atoms with Crippen LogP contribution >= 0.6 is 11.6 Å². The van der Waals surface area contributed by atoms with Gasteiger partial charge in [0.05, 0.1) is 11.2 Å². The minimum absolute atomic E-state index is 0.336. The number of oxazole rings is 1. The van der Waals surface area contributed by atoms with Gasteiger partial charge in [-0.15, -0.1) is 0 Å². The van der Waals surface area contributed by atoms with Crippen LogP contribution in [-0.4, -0.2) is 18.0 Å². The highest BCUT2D eigenvalue weighted by Gasteiger charge is 2.16. The van der Waals surface area contributed by atoms with Crippen molar-refractivity contribution in [2.75, 3.05) is 0 Å². The summed E-state index contributed by atoms with van der Waals surface area (Å²) in [4.78, 5) is 3.74. The van der Waals surface area contributed by atoms with Crippen molar-refractivity contribution in [3.05, 3.63) is 41.4 Å². The lowest BCUT2D eigenvalue weighted by Gasteiger charge is -2.07. The molecule has 7 heteroatoms. The van der Waals surface area contributed by atoms with Crippen LogP contribution in [0.1, 0.15) is 5.56 Å². The van der Waals surface area contributed by atoms with E-state index in [-0.39, 0.29) is 0 Å². The molecule has 0 saturated carbocycles. The maximum Gasteiger partial charge on any atom is 0.269 e. The van der Waals surface area contributed by atoms with E-state index in [1.165, 1.54) is 12.6 Å². The van der Waals surface area contributed by atoms with Crippen LogP contribution in [0.25, 0.3) is 11.3 Å². The SMILES string of the molecule is O=S(=O)(O)Cc1cccc(Cl)c1-c1cnco1. The van der Waals surface area contributed by atoms with E-state index < -0.39 is 15.9 Å². The van der Waals surface area contributed by atoms with Crippen molar-refractivity contribution < 1.29 is 17.4 Å². The van der Waals surface area contributed by atoms with E-state index in [1.54, 1.807) is 18.2 Å². The predicted molar refractivity (Wildman–Crippen MR) is 62.2 cm³/mol. The molecule has 0 saturated heterocycles. The van der Waals surface area contributed by atoms with Crippen molar-refractivity contribution in [1.82, 2.24) is 4.98 Å². The van der Waals surface area contributed by atoms with Crippen LogP contribution in [0.15, 0.2) is 35.2 Å². The van der Waals surface area contributed by atoms with Crippen LogP contribution in [0.5, 0.6) is 0 Å². The Labute approximate surface area is 103 Å². The Hall–Kier alpha value is -1.37. The summed E-state index contributed by atoms with van der Waals surface area (Å²) in [6.45, 7) is 0. The minimum atomic E-state index is -4.13. The first kappa shape index (κ1) is 12.1. The molecule has 2 aromatic rings. The molecule has 1 N–H and O–H groups in total. The van der Waals surface area contributed by atoms with Crippen LogP contribution in [0, 0.1) is 0 Å². The molecular weight excluding hydrogens is 266 g/mol. The van der Waals surface area contributed by atoms with E-state index >= 15 is 0 Å². The summed E-state index contributed by atoms with van der Waals surface area (Å²) in [5.74, 6) is -0.168. The van der Waals surface area contributed by atoms with E-state index in [0.717, 1.165) is 0 Å². The molecule has 2 rings (SSSR count). The zero-order valence-corrected chi connectivity index (χ0v) is 10.1. The van der Waals surface area contributed by atoms with Gasteiger partial charge < -0.3 is 4.42 Å². The van der Waals surface area contributed by atoms with Gasteiger partial charge in [-0.2, -0.15) is 8.42 Å². The number of nitrogens with zero attached hydrogens (tertiary/aromatic N) is 1. The van der Waals surface area contributed by atoms with Gasteiger partial charge in [0.15, 0.2) is 12.2 Å². The molecular formula is C10H8ClNO4S. The fourth-order valence-electron chi connectivity index (χ4n) is 1.50. The molecule has 0 unspecified atom stereocenters. The molecule has 90 valence electrons. The molecule has 0 aliphatic heterocycles. The van der Waals surface area contributed by atoms with Crippen molar-refractivity contribution >= 4 is 21.7 Å². The number of rotatable bonds is 3. The van der Waals surface area contributed by atoms with E-state index in [2.05, 4.69) is 4.98 Å². The van der Waals surface area contributed by atoms with Gasteiger partial charge in [-0.25, -0.2) is 4.98 Å². The average molecular weight is 274 g/mol. The Morgan fingerprint density at radius 1 is 1.41 bits per heavy atom. The van der Waals surface area contributed by atoms with Gasteiger partial charge in [-0.05, 0) is 11.6 Å². The number of hydrogen-bond acceptors (Lipinski definition) is 4. The maximum atomic E-state index is 10.9. The first-order valence-corrected chi connectivity index (χ1v) is 6.57. The third-order valence-corrected chi connectivity index (χ3v) is 3.11. The fraction of sp³-hybridized carbons (Fsp3) is 0.100. The van der Waals surface area contributed by atoms with Crippen LogP contribution in [0.4, 0.5) is 0 Å². The first-order valence-electron chi connectivity index (χ1n) is 4.59. The quantitative estimate of drug-likeness (QED) is 0.869. The fourth-order valence-corrected chi connectivity index (χ4v) is 2.42. The third kappa shape index (κ3) is 2.85. The molecule has 0 atom stereocenters. The Morgan fingerprint density at radius 2 is 2.18 bits per heavy atom. The molecule has 1 heterocycles. The van der Waals surface area contributed by atoms with E-state index in [0.29, 0.717) is 21.9 Å². The molecule has 0 spiro atoms. The summed E-state index contributed by atoms with van der Waals surface area (Å²) in [6.07, 6.45) is 2.64. The Balaban J connectivity index is 2.57. The number of aromatic nitrogens is 1. The standard InChI is InChI=1S/C10H8ClNO4S/c11-8-3-1-2-7(5-17(13,14)15)10(8)9-4-12-6-16-9/h1-4,6H,5H2,(H,13,14,15). The smallest absolute Gasteiger partial charge is 0.269 e. The lowest BCUT2D eigenvalue weighted by Crippen LogP contribution is -2.03. The minimum Gasteiger partial charge on any atom is -0.443 e. The zero-order chi connectivity index (χ0) is 12.5. The van der Waals surface area contributed by atoms with Crippen molar-refractivity contribution in [2.24, 2.45) is 0 Å². The van der Waals surface area contributed by atoms with Crippen LogP contribution in [-0.2, 0) is 15.9 Å². The molecule has 0 amide bonds. The van der Waals surface area contributed by atoms with Crippen molar-refractivity contribution in [1.29, 1.82) is 0 Å². The first-order chi connectivity index (χ1) is 7.97. The second-order valence-corrected chi connectivity index (χ2v) is 5.23. The molecule has 5 nitrogen and oxygen atoms in total. The predicted octanol–water partition coefficient (Wildman–Crippen LogP) is 2.38. The summed E-state index contributed by atoms with van der Waals surface area (Å²) < 4.78 is 35.8. The topological polar surface area (TPSA) is 80.4 Å². The summed E-state index contributed by atoms with van der Waals surface area (Å²) in [7, 11) is -4.13. The molecule has 0 bridgehead atoms. The Kier molecular flexibility index (Phi) is 3.19. The normalized spacial score (nSPS) is 11.6. The van der Waals surface area contributed by atoms with Crippen LogP contribution in [0.3, 0.4) is 0 Å². The summed E-state index contributed by atoms with van der Waals surface area (Å²) in [5.41, 5.74) is 0.779. The van der Waals surface area contributed by atoms with E-state index in [9.17, 15) is 8.42 Å². The van der Waals surface area contributed by atoms with Crippen molar-refractivity contribution in [2.45, 2.75) is 5.75 Å². The van der Waals surface area contributed by atoms with Crippen LogP contribution < -0.4 is 0 Å². The van der Waals surface area contributed by atoms with Gasteiger partial charge in [-0.1, -0.05) is 23.7 Å². The van der Waals surface area contributed by atoms with Gasteiger partial charge in [0.2, 0.25) is 0 Å². The molecule has 0 aliphatic carbocycles. The van der Waals surface area contributed by atoms with Crippen molar-refractivity contribution in [3.8, 4) is 11.3 Å². The second kappa shape index (κ2) is 4.48. The molecule has 0 fully saturated rings. The number of benzene rings is 1. The summed E-state index contributed by atoms with van der Waals surface area (Å²) in [5, 5.41) is 0.336. The third-order valence-electron chi connectivity index (χ3n) is 2.12. The summed E-state index contributed by atoms with van der Waals surface area (Å²) >= 11 is 5.99. The zero-order valence-electron chi connectivity index (χ0n) is 8.50. The molecule has 1 aromatic heterocycles.